The molecular weight excluding hydrogens is 250 g/mol. The molecule has 0 aliphatic rings. The second-order valence-corrected chi connectivity index (χ2v) is 4.52. The Bertz CT molecular complexity index is 549. The third-order valence-electron chi connectivity index (χ3n) is 3.15. The van der Waals surface area contributed by atoms with Crippen LogP contribution in [0.15, 0.2) is 54.6 Å². The van der Waals surface area contributed by atoms with Gasteiger partial charge in [-0.05, 0) is 29.7 Å². The summed E-state index contributed by atoms with van der Waals surface area (Å²) in [7, 11) is 1.62. The molecule has 2 rings (SSSR count). The highest BCUT2D eigenvalue weighted by atomic mass is 16.5. The van der Waals surface area contributed by atoms with Gasteiger partial charge in [-0.15, -0.1) is 0 Å². The average Bonchev–Trinajstić information content (AvgIpc) is 2.53. The minimum absolute atomic E-state index is 0.0976. The first-order valence-electron chi connectivity index (χ1n) is 6.78. The van der Waals surface area contributed by atoms with Gasteiger partial charge in [0.25, 0.3) is 5.91 Å². The number of hydrogen-bond donors (Lipinski definition) is 1. The standard InChI is InChI=1S/C17H19NO2/c1-3-16(17(19)18-2)20-15-11-9-14(10-12-15)13-7-5-4-6-8-13/h4-12,16H,3H2,1-2H3,(H,18,19). The summed E-state index contributed by atoms with van der Waals surface area (Å²) in [6, 6.07) is 17.9. The van der Waals surface area contributed by atoms with Gasteiger partial charge in [0.05, 0.1) is 0 Å². The number of amides is 1. The zero-order chi connectivity index (χ0) is 14.4. The SMILES string of the molecule is CCC(Oc1ccc(-c2ccccc2)cc1)C(=O)NC. The van der Waals surface area contributed by atoms with Gasteiger partial charge in [0, 0.05) is 7.05 Å². The molecular formula is C17H19NO2. The zero-order valence-electron chi connectivity index (χ0n) is 11.8. The molecule has 20 heavy (non-hydrogen) atoms. The molecule has 3 nitrogen and oxygen atoms in total. The number of ether oxygens (including phenoxy) is 1. The number of benzene rings is 2. The quantitative estimate of drug-likeness (QED) is 0.904. The number of rotatable bonds is 5. The van der Waals surface area contributed by atoms with Crippen molar-refractivity contribution in [1.82, 2.24) is 5.32 Å². The number of carbonyl (C=O) groups excluding carboxylic acids is 1. The van der Waals surface area contributed by atoms with Gasteiger partial charge < -0.3 is 10.1 Å². The van der Waals surface area contributed by atoms with Gasteiger partial charge in [-0.25, -0.2) is 0 Å². The molecule has 0 fully saturated rings. The van der Waals surface area contributed by atoms with E-state index in [1.807, 2.05) is 49.4 Å². The van der Waals surface area contributed by atoms with Gasteiger partial charge in [-0.3, -0.25) is 4.79 Å². The minimum Gasteiger partial charge on any atom is -0.481 e. The van der Waals surface area contributed by atoms with Crippen LogP contribution in [-0.2, 0) is 4.79 Å². The molecule has 0 radical (unpaired) electrons. The molecule has 2 aromatic carbocycles. The summed E-state index contributed by atoms with van der Waals surface area (Å²) in [5, 5.41) is 2.61. The van der Waals surface area contributed by atoms with Crippen LogP contribution in [0.1, 0.15) is 13.3 Å². The van der Waals surface area contributed by atoms with Gasteiger partial charge in [0.1, 0.15) is 5.75 Å². The average molecular weight is 269 g/mol. The summed E-state index contributed by atoms with van der Waals surface area (Å²) in [5.74, 6) is 0.611. The van der Waals surface area contributed by atoms with Crippen molar-refractivity contribution in [2.24, 2.45) is 0 Å². The summed E-state index contributed by atoms with van der Waals surface area (Å²) in [4.78, 5) is 11.6. The summed E-state index contributed by atoms with van der Waals surface area (Å²) >= 11 is 0. The second-order valence-electron chi connectivity index (χ2n) is 4.52. The van der Waals surface area contributed by atoms with Crippen LogP contribution in [0.25, 0.3) is 11.1 Å². The fourth-order valence-corrected chi connectivity index (χ4v) is 2.00. The minimum atomic E-state index is -0.442. The van der Waals surface area contributed by atoms with Gasteiger partial charge in [0.2, 0.25) is 0 Å². The van der Waals surface area contributed by atoms with Gasteiger partial charge >= 0.3 is 0 Å². The van der Waals surface area contributed by atoms with Crippen molar-refractivity contribution >= 4 is 5.91 Å². The summed E-state index contributed by atoms with van der Waals surface area (Å²) in [6.45, 7) is 1.93. The largest absolute Gasteiger partial charge is 0.481 e. The molecule has 0 bridgehead atoms. The Hall–Kier alpha value is -2.29. The first kappa shape index (κ1) is 14.1. The zero-order valence-corrected chi connectivity index (χ0v) is 11.8. The van der Waals surface area contributed by atoms with Crippen molar-refractivity contribution in [2.75, 3.05) is 7.05 Å². The Labute approximate surface area is 119 Å². The third-order valence-corrected chi connectivity index (χ3v) is 3.15. The third kappa shape index (κ3) is 3.38. The molecule has 0 spiro atoms. The van der Waals surface area contributed by atoms with E-state index in [2.05, 4.69) is 17.4 Å². The van der Waals surface area contributed by atoms with Crippen molar-refractivity contribution in [2.45, 2.75) is 19.4 Å². The molecule has 0 heterocycles. The highest BCUT2D eigenvalue weighted by molar-refractivity contribution is 5.80. The summed E-state index contributed by atoms with van der Waals surface area (Å²) in [5.41, 5.74) is 2.29. The highest BCUT2D eigenvalue weighted by Gasteiger charge is 2.16. The molecule has 0 saturated carbocycles. The topological polar surface area (TPSA) is 38.3 Å². The fourth-order valence-electron chi connectivity index (χ4n) is 2.00. The van der Waals surface area contributed by atoms with Crippen LogP contribution in [0.2, 0.25) is 0 Å². The van der Waals surface area contributed by atoms with E-state index in [1.54, 1.807) is 7.05 Å². The van der Waals surface area contributed by atoms with Crippen LogP contribution < -0.4 is 10.1 Å². The lowest BCUT2D eigenvalue weighted by Crippen LogP contribution is -2.35. The van der Waals surface area contributed by atoms with E-state index in [1.165, 1.54) is 0 Å². The Balaban J connectivity index is 2.10. The molecule has 104 valence electrons. The number of nitrogens with one attached hydrogen (secondary N) is 1. The van der Waals surface area contributed by atoms with Crippen molar-refractivity contribution in [3.63, 3.8) is 0 Å². The Morgan fingerprint density at radius 3 is 2.20 bits per heavy atom. The van der Waals surface area contributed by atoms with Crippen LogP contribution in [-0.4, -0.2) is 19.1 Å². The lowest BCUT2D eigenvalue weighted by molar-refractivity contribution is -0.127. The van der Waals surface area contributed by atoms with Crippen molar-refractivity contribution in [3.8, 4) is 16.9 Å². The maximum absolute atomic E-state index is 11.6. The van der Waals surface area contributed by atoms with Crippen LogP contribution in [0.5, 0.6) is 5.75 Å². The molecule has 1 N–H and O–H groups in total. The maximum atomic E-state index is 11.6. The van der Waals surface area contributed by atoms with Gasteiger partial charge in [-0.2, -0.15) is 0 Å². The van der Waals surface area contributed by atoms with Gasteiger partial charge in [0.15, 0.2) is 6.10 Å². The van der Waals surface area contributed by atoms with E-state index in [4.69, 9.17) is 4.74 Å². The molecule has 1 atom stereocenters. The normalized spacial score (nSPS) is 11.7. The summed E-state index contributed by atoms with van der Waals surface area (Å²) < 4.78 is 5.70. The number of likely N-dealkylation sites (N-methyl/N-ethyl adjacent to an activating group) is 1. The lowest BCUT2D eigenvalue weighted by atomic mass is 10.1. The first-order valence-corrected chi connectivity index (χ1v) is 6.78. The monoisotopic (exact) mass is 269 g/mol. The molecule has 1 amide bonds. The second kappa shape index (κ2) is 6.75. The van der Waals surface area contributed by atoms with Crippen LogP contribution in [0, 0.1) is 0 Å². The van der Waals surface area contributed by atoms with E-state index in [-0.39, 0.29) is 5.91 Å². The highest BCUT2D eigenvalue weighted by Crippen LogP contribution is 2.22. The molecule has 1 unspecified atom stereocenters. The Morgan fingerprint density at radius 2 is 1.65 bits per heavy atom. The predicted octanol–water partition coefficient (Wildman–Crippen LogP) is 3.26. The number of hydrogen-bond acceptors (Lipinski definition) is 2. The Kier molecular flexibility index (Phi) is 4.77. The maximum Gasteiger partial charge on any atom is 0.260 e. The van der Waals surface area contributed by atoms with Crippen molar-refractivity contribution < 1.29 is 9.53 Å². The predicted molar refractivity (Wildman–Crippen MR) is 80.7 cm³/mol. The van der Waals surface area contributed by atoms with E-state index in [9.17, 15) is 4.79 Å². The van der Waals surface area contributed by atoms with E-state index in [0.717, 1.165) is 11.1 Å². The molecule has 0 aliphatic carbocycles. The summed E-state index contributed by atoms with van der Waals surface area (Å²) in [6.07, 6.45) is 0.197. The van der Waals surface area contributed by atoms with Crippen molar-refractivity contribution in [1.29, 1.82) is 0 Å². The molecule has 0 saturated heterocycles. The smallest absolute Gasteiger partial charge is 0.260 e. The first-order chi connectivity index (χ1) is 9.74. The molecule has 0 aliphatic heterocycles. The Morgan fingerprint density at radius 1 is 1.05 bits per heavy atom. The van der Waals surface area contributed by atoms with E-state index < -0.39 is 6.10 Å². The van der Waals surface area contributed by atoms with Crippen LogP contribution in [0.3, 0.4) is 0 Å². The molecule has 0 aromatic heterocycles. The van der Waals surface area contributed by atoms with E-state index in [0.29, 0.717) is 12.2 Å². The molecule has 2 aromatic rings. The number of carbonyl (C=O) groups is 1. The fraction of sp³-hybridized carbons (Fsp3) is 0.235. The van der Waals surface area contributed by atoms with Crippen LogP contribution >= 0.6 is 0 Å². The van der Waals surface area contributed by atoms with Crippen molar-refractivity contribution in [3.05, 3.63) is 54.6 Å². The van der Waals surface area contributed by atoms with Gasteiger partial charge in [-0.1, -0.05) is 49.4 Å². The lowest BCUT2D eigenvalue weighted by Gasteiger charge is -2.16. The van der Waals surface area contributed by atoms with E-state index >= 15 is 0 Å². The molecule has 3 heteroatoms. The van der Waals surface area contributed by atoms with Crippen LogP contribution in [0.4, 0.5) is 0 Å².